The maximum atomic E-state index is 13.1. The minimum atomic E-state index is -0.224. The van der Waals surface area contributed by atoms with E-state index in [0.717, 1.165) is 17.0 Å². The molecule has 0 saturated heterocycles. The number of hydrogen-bond donors (Lipinski definition) is 2. The molecule has 0 bridgehead atoms. The molecule has 6 heteroatoms. The lowest BCUT2D eigenvalue weighted by molar-refractivity contribution is 0.371. The van der Waals surface area contributed by atoms with E-state index in [9.17, 15) is 4.39 Å². The van der Waals surface area contributed by atoms with E-state index in [2.05, 4.69) is 48.5 Å². The Hall–Kier alpha value is -2.37. The minimum Gasteiger partial charge on any atom is -0.359 e. The van der Waals surface area contributed by atoms with Gasteiger partial charge in [-0.25, -0.2) is 4.39 Å². The molecule has 0 fully saturated rings. The second-order valence-corrected chi connectivity index (χ2v) is 7.04. The van der Waals surface area contributed by atoms with E-state index in [1.165, 1.54) is 12.1 Å². The summed E-state index contributed by atoms with van der Waals surface area (Å²) in [5.41, 5.74) is 1.84. The van der Waals surface area contributed by atoms with Crippen LogP contribution in [0.1, 0.15) is 50.6 Å². The van der Waals surface area contributed by atoms with Gasteiger partial charge in [-0.15, -0.1) is 0 Å². The number of benzene rings is 1. The molecular weight excluding hydrogens is 319 g/mol. The molecule has 1 aromatic heterocycles. The fourth-order valence-corrected chi connectivity index (χ4v) is 2.38. The Morgan fingerprint density at radius 3 is 2.48 bits per heavy atom. The van der Waals surface area contributed by atoms with Crippen LogP contribution in [-0.4, -0.2) is 24.7 Å². The zero-order valence-corrected chi connectivity index (χ0v) is 15.6. The normalized spacial score (nSPS) is 12.5. The van der Waals surface area contributed by atoms with E-state index < -0.39 is 0 Å². The van der Waals surface area contributed by atoms with Gasteiger partial charge in [0.05, 0.1) is 12.2 Å². The number of aliphatic imine (C=N–C) groups is 1. The Kier molecular flexibility index (Phi) is 6.17. The lowest BCUT2D eigenvalue weighted by atomic mass is 9.84. The Morgan fingerprint density at radius 2 is 1.92 bits per heavy atom. The van der Waals surface area contributed by atoms with Crippen molar-refractivity contribution in [3.05, 3.63) is 53.2 Å². The third-order valence-corrected chi connectivity index (χ3v) is 4.15. The van der Waals surface area contributed by atoms with Crippen molar-refractivity contribution >= 4 is 5.96 Å². The lowest BCUT2D eigenvalue weighted by Gasteiger charge is -2.26. The monoisotopic (exact) mass is 346 g/mol. The summed E-state index contributed by atoms with van der Waals surface area (Å²) in [5.74, 6) is 1.56. The summed E-state index contributed by atoms with van der Waals surface area (Å²) in [6, 6.07) is 8.55. The van der Waals surface area contributed by atoms with Crippen molar-refractivity contribution in [2.75, 3.05) is 13.6 Å². The molecule has 1 aromatic carbocycles. The molecule has 0 spiro atoms. The topological polar surface area (TPSA) is 62.5 Å². The predicted molar refractivity (Wildman–Crippen MR) is 98.2 cm³/mol. The van der Waals surface area contributed by atoms with Crippen molar-refractivity contribution < 1.29 is 8.91 Å². The number of rotatable bonds is 6. The van der Waals surface area contributed by atoms with E-state index in [1.54, 1.807) is 7.05 Å². The fourth-order valence-electron chi connectivity index (χ4n) is 2.38. The molecule has 0 aliphatic rings. The van der Waals surface area contributed by atoms with Gasteiger partial charge in [-0.1, -0.05) is 45.0 Å². The fraction of sp³-hybridized carbons (Fsp3) is 0.474. The molecule has 5 nitrogen and oxygen atoms in total. The number of halogens is 1. The molecule has 2 rings (SSSR count). The molecule has 2 N–H and O–H groups in total. The molecule has 2 aromatic rings. The number of nitrogens with zero attached hydrogens (tertiary/aromatic N) is 2. The van der Waals surface area contributed by atoms with Gasteiger partial charge in [0.1, 0.15) is 5.82 Å². The molecule has 1 heterocycles. The quantitative estimate of drug-likeness (QED) is 0.620. The van der Waals surface area contributed by atoms with Crippen molar-refractivity contribution in [2.24, 2.45) is 4.99 Å². The van der Waals surface area contributed by atoms with Crippen LogP contribution >= 0.6 is 0 Å². The Bertz CT molecular complexity index is 704. The van der Waals surface area contributed by atoms with Crippen LogP contribution in [0.15, 0.2) is 39.8 Å². The molecule has 0 aliphatic heterocycles. The highest BCUT2D eigenvalue weighted by Crippen LogP contribution is 2.22. The second kappa shape index (κ2) is 8.14. The third-order valence-electron chi connectivity index (χ3n) is 4.15. The third kappa shape index (κ3) is 5.31. The van der Waals surface area contributed by atoms with Crippen molar-refractivity contribution in [3.8, 4) is 0 Å². The van der Waals surface area contributed by atoms with E-state index in [0.29, 0.717) is 25.0 Å². The molecule has 0 atom stereocenters. The first-order valence-electron chi connectivity index (χ1n) is 8.48. The molecule has 0 aliphatic carbocycles. The van der Waals surface area contributed by atoms with Crippen LogP contribution in [0.5, 0.6) is 0 Å². The summed E-state index contributed by atoms with van der Waals surface area (Å²) in [5, 5.41) is 10.6. The van der Waals surface area contributed by atoms with E-state index in [-0.39, 0.29) is 11.2 Å². The molecule has 0 saturated carbocycles. The number of aromatic nitrogens is 1. The highest BCUT2D eigenvalue weighted by molar-refractivity contribution is 5.79. The molecular formula is C19H27FN4O. The van der Waals surface area contributed by atoms with Gasteiger partial charge in [-0.3, -0.25) is 4.99 Å². The number of guanidine groups is 1. The van der Waals surface area contributed by atoms with Gasteiger partial charge in [0.15, 0.2) is 11.7 Å². The summed E-state index contributed by atoms with van der Waals surface area (Å²) >= 11 is 0. The Morgan fingerprint density at radius 1 is 1.24 bits per heavy atom. The summed E-state index contributed by atoms with van der Waals surface area (Å²) in [7, 11) is 1.72. The largest absolute Gasteiger partial charge is 0.359 e. The zero-order chi connectivity index (χ0) is 18.4. The van der Waals surface area contributed by atoms with Crippen LogP contribution in [0.25, 0.3) is 0 Å². The van der Waals surface area contributed by atoms with Crippen LogP contribution < -0.4 is 10.6 Å². The van der Waals surface area contributed by atoms with Crippen LogP contribution in [0, 0.1) is 5.82 Å². The summed E-state index contributed by atoms with van der Waals surface area (Å²) in [6.07, 6.45) is 0. The molecule has 25 heavy (non-hydrogen) atoms. The van der Waals surface area contributed by atoms with Crippen molar-refractivity contribution in [1.29, 1.82) is 0 Å². The highest BCUT2D eigenvalue weighted by atomic mass is 19.1. The second-order valence-electron chi connectivity index (χ2n) is 7.04. The van der Waals surface area contributed by atoms with Crippen molar-refractivity contribution in [2.45, 2.75) is 45.6 Å². The van der Waals surface area contributed by atoms with Gasteiger partial charge in [0.25, 0.3) is 0 Å². The number of hydrogen-bond acceptors (Lipinski definition) is 3. The van der Waals surface area contributed by atoms with Crippen LogP contribution in [0.4, 0.5) is 4.39 Å². The maximum Gasteiger partial charge on any atom is 0.191 e. The minimum absolute atomic E-state index is 0.164. The summed E-state index contributed by atoms with van der Waals surface area (Å²) < 4.78 is 18.4. The molecule has 0 unspecified atom stereocenters. The zero-order valence-electron chi connectivity index (χ0n) is 15.6. The molecule has 136 valence electrons. The van der Waals surface area contributed by atoms with E-state index in [4.69, 9.17) is 4.52 Å². The maximum absolute atomic E-state index is 13.1. The standard InChI is InChI=1S/C19H27FN4O/c1-13(2)17-10-16(25-24-17)11-22-18(21-5)23-12-19(3,4)14-6-8-15(20)9-7-14/h6-10,13H,11-12H2,1-5H3,(H2,21,22,23). The molecule has 0 amide bonds. The van der Waals surface area contributed by atoms with Gasteiger partial charge >= 0.3 is 0 Å². The van der Waals surface area contributed by atoms with Crippen LogP contribution in [-0.2, 0) is 12.0 Å². The van der Waals surface area contributed by atoms with E-state index in [1.807, 2.05) is 18.2 Å². The smallest absolute Gasteiger partial charge is 0.191 e. The SMILES string of the molecule is CN=C(NCc1cc(C(C)C)no1)NCC(C)(C)c1ccc(F)cc1. The van der Waals surface area contributed by atoms with E-state index >= 15 is 0 Å². The summed E-state index contributed by atoms with van der Waals surface area (Å²) in [6.45, 7) is 9.53. The average molecular weight is 346 g/mol. The average Bonchev–Trinajstić information content (AvgIpc) is 3.04. The number of nitrogens with one attached hydrogen (secondary N) is 2. The predicted octanol–water partition coefficient (Wildman–Crippen LogP) is 3.58. The first-order valence-corrected chi connectivity index (χ1v) is 8.48. The Balaban J connectivity index is 1.89. The first-order chi connectivity index (χ1) is 11.8. The van der Waals surface area contributed by atoms with Crippen molar-refractivity contribution in [3.63, 3.8) is 0 Å². The Labute approximate surface area is 148 Å². The van der Waals surface area contributed by atoms with Gasteiger partial charge in [-0.2, -0.15) is 0 Å². The molecule has 0 radical (unpaired) electrons. The van der Waals surface area contributed by atoms with Gasteiger partial charge < -0.3 is 15.2 Å². The first kappa shape index (κ1) is 19.0. The lowest BCUT2D eigenvalue weighted by Crippen LogP contribution is -2.43. The van der Waals surface area contributed by atoms with Gasteiger partial charge in [0.2, 0.25) is 0 Å². The van der Waals surface area contributed by atoms with Crippen LogP contribution in [0.2, 0.25) is 0 Å². The van der Waals surface area contributed by atoms with Gasteiger partial charge in [-0.05, 0) is 23.6 Å². The van der Waals surface area contributed by atoms with Gasteiger partial charge in [0, 0.05) is 25.1 Å². The summed E-state index contributed by atoms with van der Waals surface area (Å²) in [4.78, 5) is 4.23. The highest BCUT2D eigenvalue weighted by Gasteiger charge is 2.21. The van der Waals surface area contributed by atoms with Crippen LogP contribution in [0.3, 0.4) is 0 Å². The van der Waals surface area contributed by atoms with Crippen molar-refractivity contribution in [1.82, 2.24) is 15.8 Å².